The molecular formula is C23H23N7O2. The van der Waals surface area contributed by atoms with Gasteiger partial charge in [0.15, 0.2) is 5.82 Å². The van der Waals surface area contributed by atoms with E-state index in [0.717, 1.165) is 17.6 Å². The highest BCUT2D eigenvalue weighted by atomic mass is 16.3. The van der Waals surface area contributed by atoms with Crippen LogP contribution >= 0.6 is 0 Å². The Balaban J connectivity index is 1.67. The van der Waals surface area contributed by atoms with Crippen LogP contribution in [0.1, 0.15) is 17.4 Å². The zero-order valence-corrected chi connectivity index (χ0v) is 18.1. The van der Waals surface area contributed by atoms with E-state index in [0.29, 0.717) is 28.5 Å². The topological polar surface area (TPSA) is 109 Å². The highest BCUT2D eigenvalue weighted by molar-refractivity contribution is 6.06. The van der Waals surface area contributed by atoms with E-state index in [1.807, 2.05) is 37.7 Å². The molecule has 0 saturated heterocycles. The molecule has 1 amide bonds. The van der Waals surface area contributed by atoms with Crippen LogP contribution in [0, 0.1) is 0 Å². The quantitative estimate of drug-likeness (QED) is 0.518. The number of aliphatic imine (C=N–C) groups is 1. The van der Waals surface area contributed by atoms with Crippen molar-refractivity contribution in [3.05, 3.63) is 42.2 Å². The summed E-state index contributed by atoms with van der Waals surface area (Å²) < 4.78 is 1.68. The van der Waals surface area contributed by atoms with Gasteiger partial charge in [0, 0.05) is 55.6 Å². The van der Waals surface area contributed by atoms with Gasteiger partial charge in [-0.05, 0) is 31.2 Å². The van der Waals surface area contributed by atoms with Gasteiger partial charge in [0.25, 0.3) is 5.91 Å². The van der Waals surface area contributed by atoms with Crippen LogP contribution in [0.5, 0.6) is 5.75 Å². The van der Waals surface area contributed by atoms with Crippen LogP contribution in [0.25, 0.3) is 33.2 Å². The summed E-state index contributed by atoms with van der Waals surface area (Å²) in [4.78, 5) is 28.6. The fourth-order valence-electron chi connectivity index (χ4n) is 4.07. The number of aromatic nitrogens is 4. The number of phenolic OH excluding ortho intramolecular Hbond substituents is 1. The van der Waals surface area contributed by atoms with E-state index in [9.17, 15) is 9.90 Å². The molecule has 9 heteroatoms. The number of fused-ring (bicyclic) bond motifs is 2. The molecule has 32 heavy (non-hydrogen) atoms. The molecule has 9 nitrogen and oxygen atoms in total. The Kier molecular flexibility index (Phi) is 4.73. The first kappa shape index (κ1) is 19.9. The molecule has 2 aromatic carbocycles. The lowest BCUT2D eigenvalue weighted by molar-refractivity contribution is 0.0960. The number of hydrogen-bond donors (Lipinski definition) is 2. The van der Waals surface area contributed by atoms with Gasteiger partial charge in [-0.1, -0.05) is 0 Å². The molecule has 1 atom stereocenters. The van der Waals surface area contributed by atoms with E-state index in [1.165, 1.54) is 0 Å². The summed E-state index contributed by atoms with van der Waals surface area (Å²) in [7, 11) is 3.39. The first-order chi connectivity index (χ1) is 15.4. The highest BCUT2D eigenvalue weighted by Crippen LogP contribution is 2.33. The summed E-state index contributed by atoms with van der Waals surface area (Å²) in [5.74, 6) is -0.0197. The van der Waals surface area contributed by atoms with Crippen LogP contribution < -0.4 is 10.2 Å². The van der Waals surface area contributed by atoms with Crippen molar-refractivity contribution in [3.8, 4) is 17.1 Å². The number of nitrogens with zero attached hydrogens (tertiary/aromatic N) is 6. The summed E-state index contributed by atoms with van der Waals surface area (Å²) in [6.45, 7) is 3.58. The van der Waals surface area contributed by atoms with Crippen molar-refractivity contribution in [2.75, 3.05) is 25.0 Å². The summed E-state index contributed by atoms with van der Waals surface area (Å²) in [6, 6.07) is 9.40. The standard InChI is InChI=1S/C23H23N7O2/c1-13-11-30(7-6-25-13)15-4-5-18-16(9-15)21(23(32)24-2)27-22(26-18)17-8-14-12-29(3)28-19(14)10-20(17)31/h4-6,8-10,12-13,31H,7,11H2,1-3H3,(H,24,32). The van der Waals surface area contributed by atoms with Crippen molar-refractivity contribution in [2.45, 2.75) is 13.0 Å². The molecule has 5 rings (SSSR count). The van der Waals surface area contributed by atoms with Crippen LogP contribution in [0.3, 0.4) is 0 Å². The molecule has 2 aromatic heterocycles. The van der Waals surface area contributed by atoms with Gasteiger partial charge in [-0.25, -0.2) is 9.97 Å². The van der Waals surface area contributed by atoms with Crippen LogP contribution in [0.15, 0.2) is 41.5 Å². The SMILES string of the molecule is CNC(=O)c1nc(-c2cc3cn(C)nc3cc2O)nc2ccc(N3CC=NC(C)C3)cc12. The molecule has 1 unspecified atom stereocenters. The molecule has 1 aliphatic rings. The Hall–Kier alpha value is -4.01. The molecule has 1 aliphatic heterocycles. The fraction of sp³-hybridized carbons (Fsp3) is 0.261. The third-order valence-corrected chi connectivity index (χ3v) is 5.61. The van der Waals surface area contributed by atoms with Gasteiger partial charge in [0.2, 0.25) is 0 Å². The first-order valence-corrected chi connectivity index (χ1v) is 10.4. The average molecular weight is 429 g/mol. The molecule has 4 aromatic rings. The lowest BCUT2D eigenvalue weighted by Gasteiger charge is -2.28. The Labute approximate surface area is 184 Å². The van der Waals surface area contributed by atoms with Crippen molar-refractivity contribution in [1.29, 1.82) is 0 Å². The number of carbonyl (C=O) groups is 1. The largest absolute Gasteiger partial charge is 0.507 e. The van der Waals surface area contributed by atoms with E-state index in [4.69, 9.17) is 0 Å². The Morgan fingerprint density at radius 1 is 1.19 bits per heavy atom. The third kappa shape index (κ3) is 3.41. The first-order valence-electron chi connectivity index (χ1n) is 10.4. The molecule has 2 N–H and O–H groups in total. The van der Waals surface area contributed by atoms with E-state index in [-0.39, 0.29) is 29.2 Å². The number of amides is 1. The van der Waals surface area contributed by atoms with Crippen molar-refractivity contribution in [2.24, 2.45) is 12.0 Å². The number of aromatic hydroxyl groups is 1. The number of carbonyl (C=O) groups excluding carboxylic acids is 1. The number of phenols is 1. The van der Waals surface area contributed by atoms with Crippen molar-refractivity contribution in [3.63, 3.8) is 0 Å². The number of aryl methyl sites for hydroxylation is 1. The van der Waals surface area contributed by atoms with Gasteiger partial charge in [-0.15, -0.1) is 0 Å². The Bertz CT molecular complexity index is 1390. The molecule has 0 radical (unpaired) electrons. The lowest BCUT2D eigenvalue weighted by Crippen LogP contribution is -2.35. The zero-order valence-electron chi connectivity index (χ0n) is 18.1. The summed E-state index contributed by atoms with van der Waals surface area (Å²) in [5.41, 5.74) is 2.99. The van der Waals surface area contributed by atoms with E-state index in [1.54, 1.807) is 23.9 Å². The van der Waals surface area contributed by atoms with E-state index in [2.05, 4.69) is 37.2 Å². The third-order valence-electron chi connectivity index (χ3n) is 5.61. The van der Waals surface area contributed by atoms with Gasteiger partial charge in [0.05, 0.1) is 29.2 Å². The second kappa shape index (κ2) is 7.60. The van der Waals surface area contributed by atoms with Crippen LogP contribution in [0.2, 0.25) is 0 Å². The number of rotatable bonds is 3. The molecule has 0 aliphatic carbocycles. The van der Waals surface area contributed by atoms with Crippen molar-refractivity contribution >= 4 is 39.6 Å². The van der Waals surface area contributed by atoms with Crippen LogP contribution in [-0.2, 0) is 7.05 Å². The lowest BCUT2D eigenvalue weighted by atomic mass is 10.1. The molecule has 0 bridgehead atoms. The van der Waals surface area contributed by atoms with Gasteiger partial charge in [-0.2, -0.15) is 5.10 Å². The fourth-order valence-corrected chi connectivity index (χ4v) is 4.07. The Morgan fingerprint density at radius 2 is 2.03 bits per heavy atom. The molecular weight excluding hydrogens is 406 g/mol. The van der Waals surface area contributed by atoms with Gasteiger partial charge >= 0.3 is 0 Å². The molecule has 0 spiro atoms. The maximum atomic E-state index is 12.7. The summed E-state index contributed by atoms with van der Waals surface area (Å²) in [5, 5.41) is 19.1. The van der Waals surface area contributed by atoms with Crippen LogP contribution in [-0.4, -0.2) is 63.2 Å². The Morgan fingerprint density at radius 3 is 2.81 bits per heavy atom. The van der Waals surface area contributed by atoms with E-state index < -0.39 is 0 Å². The molecule has 3 heterocycles. The predicted octanol–water partition coefficient (Wildman–Crippen LogP) is 2.53. The monoisotopic (exact) mass is 429 g/mol. The number of hydrogen-bond acceptors (Lipinski definition) is 7. The summed E-state index contributed by atoms with van der Waals surface area (Å²) >= 11 is 0. The second-order valence-corrected chi connectivity index (χ2v) is 7.99. The predicted molar refractivity (Wildman–Crippen MR) is 124 cm³/mol. The number of anilines is 1. The second-order valence-electron chi connectivity index (χ2n) is 7.99. The highest BCUT2D eigenvalue weighted by Gasteiger charge is 2.20. The smallest absolute Gasteiger partial charge is 0.270 e. The number of benzene rings is 2. The normalized spacial score (nSPS) is 16.1. The van der Waals surface area contributed by atoms with Gasteiger partial charge in [0.1, 0.15) is 11.4 Å². The van der Waals surface area contributed by atoms with Crippen molar-refractivity contribution < 1.29 is 9.90 Å². The molecule has 0 fully saturated rings. The van der Waals surface area contributed by atoms with Crippen LogP contribution in [0.4, 0.5) is 5.69 Å². The van der Waals surface area contributed by atoms with E-state index >= 15 is 0 Å². The minimum atomic E-state index is -0.314. The van der Waals surface area contributed by atoms with Crippen molar-refractivity contribution in [1.82, 2.24) is 25.1 Å². The van der Waals surface area contributed by atoms with Gasteiger partial charge in [-0.3, -0.25) is 14.5 Å². The maximum Gasteiger partial charge on any atom is 0.270 e. The minimum Gasteiger partial charge on any atom is -0.507 e. The summed E-state index contributed by atoms with van der Waals surface area (Å²) in [6.07, 6.45) is 3.77. The molecule has 162 valence electrons. The minimum absolute atomic E-state index is 0.0108. The zero-order chi connectivity index (χ0) is 22.4. The van der Waals surface area contributed by atoms with Gasteiger partial charge < -0.3 is 15.3 Å². The maximum absolute atomic E-state index is 12.7. The molecule has 0 saturated carbocycles. The average Bonchev–Trinajstić information content (AvgIpc) is 3.15. The number of nitrogens with one attached hydrogen (secondary N) is 1.